The van der Waals surface area contributed by atoms with E-state index in [-0.39, 0.29) is 0 Å². The SMILES string of the molecule is c1ccc(-c2cccc(-c3nc(-c4ccc5c(c4)oc4c5ccc5c4c4ccccc4n5-c4ccccc4)nc(-c4ccc5sc6ccccc6c5c4)n3)c2)cc1. The standard InChI is InChI=1S/C51H30N4OS/c1-3-12-31(13-4-1)32-14-11-15-33(28-32)49-52-50(34-23-27-46-41(29-34)38-18-8-10-21-45(38)57-46)54-51(53-49)35-22-24-37-39-25-26-43-47(48(39)56-44(37)30-35)40-19-7-9-20-42(40)55(43)36-16-5-2-6-17-36/h1-30H. The van der Waals surface area contributed by atoms with Crippen LogP contribution in [0.5, 0.6) is 0 Å². The fraction of sp³-hybridized carbons (Fsp3) is 0. The first kappa shape index (κ1) is 31.9. The zero-order valence-electron chi connectivity index (χ0n) is 30.4. The van der Waals surface area contributed by atoms with Gasteiger partial charge in [0.15, 0.2) is 17.5 Å². The Hall–Kier alpha value is -7.41. The third-order valence-electron chi connectivity index (χ3n) is 11.0. The average molecular weight is 747 g/mol. The quantitative estimate of drug-likeness (QED) is 0.176. The number of hydrogen-bond acceptors (Lipinski definition) is 5. The van der Waals surface area contributed by atoms with E-state index in [4.69, 9.17) is 19.4 Å². The maximum Gasteiger partial charge on any atom is 0.164 e. The molecule has 0 aliphatic rings. The highest BCUT2D eigenvalue weighted by molar-refractivity contribution is 7.25. The Bertz CT molecular complexity index is 3530. The number of fused-ring (bicyclic) bond motifs is 10. The van der Waals surface area contributed by atoms with Crippen molar-refractivity contribution in [2.24, 2.45) is 0 Å². The lowest BCUT2D eigenvalue weighted by molar-refractivity contribution is 0.673. The van der Waals surface area contributed by atoms with Crippen LogP contribution in [0.1, 0.15) is 0 Å². The summed E-state index contributed by atoms with van der Waals surface area (Å²) < 4.78 is 11.7. The molecule has 0 N–H and O–H groups in total. The van der Waals surface area contributed by atoms with Crippen LogP contribution in [0, 0.1) is 0 Å². The van der Waals surface area contributed by atoms with Gasteiger partial charge in [-0.05, 0) is 83.9 Å². The van der Waals surface area contributed by atoms with E-state index in [2.05, 4.69) is 180 Å². The number of thiophene rings is 1. The van der Waals surface area contributed by atoms with E-state index < -0.39 is 0 Å². The molecule has 6 heteroatoms. The number of aromatic nitrogens is 4. The molecule has 5 nitrogen and oxygen atoms in total. The maximum atomic E-state index is 6.88. The summed E-state index contributed by atoms with van der Waals surface area (Å²) in [6.45, 7) is 0. The van der Waals surface area contributed by atoms with Gasteiger partial charge < -0.3 is 8.98 Å². The Morgan fingerprint density at radius 1 is 0.386 bits per heavy atom. The summed E-state index contributed by atoms with van der Waals surface area (Å²) in [6.07, 6.45) is 0. The van der Waals surface area contributed by atoms with Gasteiger partial charge in [-0.25, -0.2) is 15.0 Å². The highest BCUT2D eigenvalue weighted by Gasteiger charge is 2.20. The number of para-hydroxylation sites is 2. The molecule has 0 spiro atoms. The van der Waals surface area contributed by atoms with E-state index in [1.54, 1.807) is 11.3 Å². The third kappa shape index (κ3) is 5.12. The van der Waals surface area contributed by atoms with Gasteiger partial charge in [0.1, 0.15) is 11.2 Å². The molecule has 0 radical (unpaired) electrons. The van der Waals surface area contributed by atoms with Crippen LogP contribution in [0.2, 0.25) is 0 Å². The second-order valence-electron chi connectivity index (χ2n) is 14.4. The Balaban J connectivity index is 1.05. The van der Waals surface area contributed by atoms with Gasteiger partial charge in [-0.3, -0.25) is 0 Å². The molecule has 266 valence electrons. The number of hydrogen-bond donors (Lipinski definition) is 0. The minimum absolute atomic E-state index is 0.587. The summed E-state index contributed by atoms with van der Waals surface area (Å²) >= 11 is 1.80. The van der Waals surface area contributed by atoms with Crippen LogP contribution in [0.15, 0.2) is 186 Å². The van der Waals surface area contributed by atoms with Crippen LogP contribution in [0.25, 0.3) is 115 Å². The summed E-state index contributed by atoms with van der Waals surface area (Å²) in [7, 11) is 0. The zero-order chi connectivity index (χ0) is 37.5. The summed E-state index contributed by atoms with van der Waals surface area (Å²) in [4.78, 5) is 15.5. The minimum Gasteiger partial charge on any atom is -0.455 e. The van der Waals surface area contributed by atoms with E-state index in [0.717, 1.165) is 77.2 Å². The van der Waals surface area contributed by atoms with Crippen LogP contribution in [-0.4, -0.2) is 19.5 Å². The van der Waals surface area contributed by atoms with Gasteiger partial charge in [0.05, 0.1) is 16.4 Å². The molecule has 12 rings (SSSR count). The van der Waals surface area contributed by atoms with E-state index >= 15 is 0 Å². The summed E-state index contributed by atoms with van der Waals surface area (Å²) in [5.41, 5.74) is 9.98. The van der Waals surface area contributed by atoms with E-state index in [0.29, 0.717) is 17.5 Å². The first-order valence-corrected chi connectivity index (χ1v) is 19.8. The molecule has 0 aliphatic carbocycles. The predicted molar refractivity (Wildman–Crippen MR) is 236 cm³/mol. The van der Waals surface area contributed by atoms with E-state index in [1.165, 1.54) is 20.2 Å². The van der Waals surface area contributed by atoms with Crippen LogP contribution in [0.4, 0.5) is 0 Å². The summed E-state index contributed by atoms with van der Waals surface area (Å²) in [5, 5.41) is 6.82. The second kappa shape index (κ2) is 12.6. The topological polar surface area (TPSA) is 56.7 Å². The van der Waals surface area contributed by atoms with Crippen LogP contribution < -0.4 is 0 Å². The molecule has 0 amide bonds. The monoisotopic (exact) mass is 746 g/mol. The maximum absolute atomic E-state index is 6.88. The van der Waals surface area contributed by atoms with Crippen molar-refractivity contribution >= 4 is 75.3 Å². The fourth-order valence-corrected chi connectivity index (χ4v) is 9.46. The number of furan rings is 1. The van der Waals surface area contributed by atoms with Gasteiger partial charge in [-0.2, -0.15) is 0 Å². The van der Waals surface area contributed by atoms with Gasteiger partial charge in [0.25, 0.3) is 0 Å². The molecule has 0 saturated heterocycles. The third-order valence-corrected chi connectivity index (χ3v) is 12.2. The molecular formula is C51H30N4OS. The van der Waals surface area contributed by atoms with Gasteiger partial charge in [-0.1, -0.05) is 109 Å². The highest BCUT2D eigenvalue weighted by atomic mass is 32.1. The minimum atomic E-state index is 0.587. The molecule has 0 atom stereocenters. The molecule has 12 aromatic rings. The Morgan fingerprint density at radius 2 is 1.00 bits per heavy atom. The van der Waals surface area contributed by atoms with Crippen LogP contribution in [-0.2, 0) is 0 Å². The van der Waals surface area contributed by atoms with Gasteiger partial charge in [0.2, 0.25) is 0 Å². The largest absolute Gasteiger partial charge is 0.455 e. The predicted octanol–water partition coefficient (Wildman–Crippen LogP) is 13.9. The highest BCUT2D eigenvalue weighted by Crippen LogP contribution is 2.42. The van der Waals surface area contributed by atoms with Crippen molar-refractivity contribution in [1.82, 2.24) is 19.5 Å². The van der Waals surface area contributed by atoms with Gasteiger partial charge >= 0.3 is 0 Å². The molecule has 0 fully saturated rings. The lowest BCUT2D eigenvalue weighted by Crippen LogP contribution is -2.00. The Kier molecular flexibility index (Phi) is 7.03. The smallest absolute Gasteiger partial charge is 0.164 e. The van der Waals surface area contributed by atoms with Crippen molar-refractivity contribution in [1.29, 1.82) is 0 Å². The molecular weight excluding hydrogens is 717 g/mol. The van der Waals surface area contributed by atoms with Crippen LogP contribution >= 0.6 is 11.3 Å². The lowest BCUT2D eigenvalue weighted by Gasteiger charge is -2.10. The molecule has 4 heterocycles. The van der Waals surface area contributed by atoms with Crippen molar-refractivity contribution in [3.8, 4) is 51.0 Å². The van der Waals surface area contributed by atoms with Crippen molar-refractivity contribution in [2.45, 2.75) is 0 Å². The Morgan fingerprint density at radius 3 is 1.82 bits per heavy atom. The zero-order valence-corrected chi connectivity index (χ0v) is 31.2. The van der Waals surface area contributed by atoms with Gasteiger partial charge in [-0.15, -0.1) is 11.3 Å². The van der Waals surface area contributed by atoms with E-state index in [9.17, 15) is 0 Å². The van der Waals surface area contributed by atoms with Crippen molar-refractivity contribution in [2.75, 3.05) is 0 Å². The molecule has 0 aliphatic heterocycles. The van der Waals surface area contributed by atoms with E-state index in [1.807, 2.05) is 6.07 Å². The van der Waals surface area contributed by atoms with Crippen LogP contribution in [0.3, 0.4) is 0 Å². The average Bonchev–Trinajstić information content (AvgIpc) is 3.96. The Labute approximate surface area is 330 Å². The summed E-state index contributed by atoms with van der Waals surface area (Å²) in [6, 6.07) is 63.7. The fourth-order valence-electron chi connectivity index (χ4n) is 8.38. The molecule has 0 unspecified atom stereocenters. The van der Waals surface area contributed by atoms with Crippen molar-refractivity contribution in [3.63, 3.8) is 0 Å². The van der Waals surface area contributed by atoms with Gasteiger partial charge in [0, 0.05) is 58.7 Å². The number of rotatable bonds is 5. The molecule has 0 bridgehead atoms. The summed E-state index contributed by atoms with van der Waals surface area (Å²) in [5.74, 6) is 1.82. The van der Waals surface area contributed by atoms with Crippen molar-refractivity contribution in [3.05, 3.63) is 182 Å². The number of nitrogens with zero attached hydrogens (tertiary/aromatic N) is 4. The first-order valence-electron chi connectivity index (χ1n) is 19.0. The normalized spacial score (nSPS) is 11.9. The second-order valence-corrected chi connectivity index (χ2v) is 15.5. The molecule has 8 aromatic carbocycles. The van der Waals surface area contributed by atoms with Crippen molar-refractivity contribution < 1.29 is 4.42 Å². The number of benzene rings is 8. The molecule has 4 aromatic heterocycles. The molecule has 57 heavy (non-hydrogen) atoms. The first-order chi connectivity index (χ1) is 28.2. The lowest BCUT2D eigenvalue weighted by atomic mass is 10.0. The molecule has 0 saturated carbocycles.